The van der Waals surface area contributed by atoms with Crippen LogP contribution >= 0.6 is 23.0 Å². The predicted molar refractivity (Wildman–Crippen MR) is 24.2 cm³/mol. The molecule has 0 aliphatic carbocycles. The second-order valence-corrected chi connectivity index (χ2v) is 0.859. The van der Waals surface area contributed by atoms with Gasteiger partial charge >= 0.3 is 6.16 Å². The van der Waals surface area contributed by atoms with Crippen molar-refractivity contribution in [2.24, 2.45) is 0 Å². The van der Waals surface area contributed by atoms with Gasteiger partial charge in [-0.15, -0.1) is 0 Å². The lowest BCUT2D eigenvalue weighted by molar-refractivity contribution is -0.188. The fourth-order valence-electron chi connectivity index (χ4n) is 0.0141. The third-order valence-corrected chi connectivity index (χ3v) is 0.497. The van der Waals surface area contributed by atoms with Crippen LogP contribution in [0.15, 0.2) is 0 Å². The molecule has 0 aliphatic heterocycles. The maximum atomic E-state index is 9.48. The lowest BCUT2D eigenvalue weighted by Crippen LogP contribution is -1.94. The highest BCUT2D eigenvalue weighted by atomic mass is 127. The molecular weight excluding hydrogens is 203 g/mol. The van der Waals surface area contributed by atoms with Crippen LogP contribution in [-0.2, 0) is 7.95 Å². The lowest BCUT2D eigenvalue weighted by atomic mass is 11.5. The Labute approximate surface area is 47.7 Å². The Morgan fingerprint density at radius 2 is 2.33 bits per heavy atom. The minimum Gasteiger partial charge on any atom is -0.361 e. The van der Waals surface area contributed by atoms with Crippen molar-refractivity contribution in [2.75, 3.05) is 0 Å². The fourth-order valence-corrected chi connectivity index (χ4v) is 0.0945. The summed E-state index contributed by atoms with van der Waals surface area (Å²) in [7, 11) is 0. The van der Waals surface area contributed by atoms with E-state index in [9.17, 15) is 4.79 Å². The van der Waals surface area contributed by atoms with Gasteiger partial charge in [-0.05, 0) is 0 Å². The molecule has 36 valence electrons. The predicted octanol–water partition coefficient (Wildman–Crippen LogP) is 0.963. The van der Waals surface area contributed by atoms with Gasteiger partial charge in [-0.3, -0.25) is 4.89 Å². The largest absolute Gasteiger partial charge is 0.550 e. The number of halogens is 1. The summed E-state index contributed by atoms with van der Waals surface area (Å²) in [5, 5.41) is 7.36. The highest BCUT2D eigenvalue weighted by Crippen LogP contribution is 1.87. The third kappa shape index (κ3) is 2.21. The van der Waals surface area contributed by atoms with Gasteiger partial charge in [-0.2, -0.15) is 10.1 Å². The van der Waals surface area contributed by atoms with E-state index in [-0.39, 0.29) is 0 Å². The van der Waals surface area contributed by atoms with E-state index in [1.54, 1.807) is 0 Å². The monoisotopic (exact) mass is 204 g/mol. The first-order valence-electron chi connectivity index (χ1n) is 0.949. The summed E-state index contributed by atoms with van der Waals surface area (Å²) in [5.74, 6) is 0. The number of carbonyl (C=O) groups excluding carboxylic acids is 1. The molecule has 0 aromatic carbocycles. The van der Waals surface area contributed by atoms with Crippen molar-refractivity contribution in [3.05, 3.63) is 0 Å². The van der Waals surface area contributed by atoms with Gasteiger partial charge in [0.15, 0.2) is 23.0 Å². The molecule has 6 heavy (non-hydrogen) atoms. The number of rotatable bonds is 0. The van der Waals surface area contributed by atoms with Crippen molar-refractivity contribution in [1.82, 2.24) is 0 Å². The molecule has 0 bridgehead atoms. The molecule has 0 atom stereocenters. The smallest absolute Gasteiger partial charge is 0.361 e. The first-order valence-corrected chi connectivity index (χ1v) is 1.83. The summed E-state index contributed by atoms with van der Waals surface area (Å²) < 4.78 is 3.76. The molecule has 0 rings (SSSR count). The van der Waals surface area contributed by atoms with Gasteiger partial charge in [0.25, 0.3) is 0 Å². The van der Waals surface area contributed by atoms with Crippen molar-refractivity contribution in [3.63, 3.8) is 0 Å². The summed E-state index contributed by atoms with van der Waals surface area (Å²) in [6, 6.07) is 0. The minimum absolute atomic E-state index is 1.12. The SMILES string of the molecule is O=C(OO)OI. The summed E-state index contributed by atoms with van der Waals surface area (Å²) in [4.78, 5) is 12.5. The average molecular weight is 204 g/mol. The van der Waals surface area contributed by atoms with Gasteiger partial charge in [0.05, 0.1) is 0 Å². The first kappa shape index (κ1) is 5.96. The molecule has 0 spiro atoms. The van der Waals surface area contributed by atoms with Gasteiger partial charge in [-0.25, -0.2) is 0 Å². The van der Waals surface area contributed by atoms with Gasteiger partial charge in [-0.1, -0.05) is 0 Å². The molecule has 0 saturated heterocycles. The van der Waals surface area contributed by atoms with E-state index in [4.69, 9.17) is 5.26 Å². The van der Waals surface area contributed by atoms with E-state index in [1.807, 2.05) is 0 Å². The summed E-state index contributed by atoms with van der Waals surface area (Å²) >= 11 is 1.28. The Morgan fingerprint density at radius 3 is 2.33 bits per heavy atom. The van der Waals surface area contributed by atoms with Crippen LogP contribution in [0.3, 0.4) is 0 Å². The van der Waals surface area contributed by atoms with Crippen LogP contribution in [0.1, 0.15) is 0 Å². The van der Waals surface area contributed by atoms with Crippen molar-refractivity contribution in [2.45, 2.75) is 0 Å². The summed E-state index contributed by atoms with van der Waals surface area (Å²) in [6.45, 7) is 0. The molecule has 0 heterocycles. The van der Waals surface area contributed by atoms with Gasteiger partial charge < -0.3 is 3.07 Å². The van der Waals surface area contributed by atoms with Crippen molar-refractivity contribution >= 4 is 29.2 Å². The number of hydrogen-bond donors (Lipinski definition) is 1. The maximum Gasteiger partial charge on any atom is 0.550 e. The standard InChI is InChI=1S/CHIO4/c2-5-1(3)6-4/h4H. The molecule has 1 N–H and O–H groups in total. The van der Waals surface area contributed by atoms with Crippen LogP contribution in [0.25, 0.3) is 0 Å². The molecule has 0 aromatic heterocycles. The van der Waals surface area contributed by atoms with Crippen LogP contribution in [0.4, 0.5) is 4.79 Å². The Hall–Kier alpha value is -0.0400. The van der Waals surface area contributed by atoms with E-state index < -0.39 is 6.16 Å². The van der Waals surface area contributed by atoms with Gasteiger partial charge in [0.1, 0.15) is 0 Å². The van der Waals surface area contributed by atoms with Crippen LogP contribution in [-0.4, -0.2) is 11.4 Å². The highest BCUT2D eigenvalue weighted by Gasteiger charge is 1.94. The van der Waals surface area contributed by atoms with E-state index in [0.717, 1.165) is 0 Å². The Kier molecular flexibility index (Phi) is 3.14. The number of carbonyl (C=O) groups is 1. The van der Waals surface area contributed by atoms with E-state index in [0.29, 0.717) is 0 Å². The van der Waals surface area contributed by atoms with Crippen LogP contribution in [0.2, 0.25) is 0 Å². The minimum atomic E-state index is -1.12. The summed E-state index contributed by atoms with van der Waals surface area (Å²) in [5.41, 5.74) is 0. The Bertz CT molecular complexity index is 45.5. The first-order chi connectivity index (χ1) is 2.81. The van der Waals surface area contributed by atoms with Gasteiger partial charge in [0, 0.05) is 0 Å². The quantitative estimate of drug-likeness (QED) is 0.362. The second kappa shape index (κ2) is 3.16. The normalized spacial score (nSPS) is 7.00. The van der Waals surface area contributed by atoms with Crippen LogP contribution in [0, 0.1) is 0 Å². The molecule has 0 saturated carbocycles. The average Bonchev–Trinajstić information content (AvgIpc) is 1.65. The molecule has 5 heteroatoms. The Morgan fingerprint density at radius 1 is 1.83 bits per heavy atom. The topological polar surface area (TPSA) is 55.8 Å². The van der Waals surface area contributed by atoms with E-state index >= 15 is 0 Å². The molecular formula is CHIO4. The second-order valence-electron chi connectivity index (χ2n) is 0.418. The Balaban J connectivity index is 2.99. The molecule has 0 aromatic rings. The zero-order valence-corrected chi connectivity index (χ0v) is 4.71. The zero-order valence-electron chi connectivity index (χ0n) is 2.55. The number of hydrogen-bond acceptors (Lipinski definition) is 4. The highest BCUT2D eigenvalue weighted by molar-refractivity contribution is 14.1. The summed E-state index contributed by atoms with van der Waals surface area (Å²) in [6.07, 6.45) is -1.12. The third-order valence-electron chi connectivity index (χ3n) is 0.138. The van der Waals surface area contributed by atoms with E-state index in [1.165, 1.54) is 23.0 Å². The van der Waals surface area contributed by atoms with Crippen molar-refractivity contribution in [1.29, 1.82) is 0 Å². The molecule has 0 aliphatic rings. The molecule has 4 nitrogen and oxygen atoms in total. The van der Waals surface area contributed by atoms with Crippen molar-refractivity contribution < 1.29 is 18.0 Å². The van der Waals surface area contributed by atoms with E-state index in [2.05, 4.69) is 7.95 Å². The molecule has 0 fully saturated rings. The van der Waals surface area contributed by atoms with Crippen LogP contribution < -0.4 is 0 Å². The molecule has 0 radical (unpaired) electrons. The van der Waals surface area contributed by atoms with Crippen LogP contribution in [0.5, 0.6) is 0 Å². The maximum absolute atomic E-state index is 9.48. The van der Waals surface area contributed by atoms with Crippen molar-refractivity contribution in [3.8, 4) is 0 Å². The molecule has 0 amide bonds. The fraction of sp³-hybridized carbons (Fsp3) is 0. The molecule has 0 unspecified atom stereocenters. The lowest BCUT2D eigenvalue weighted by Gasteiger charge is -1.83. The van der Waals surface area contributed by atoms with Gasteiger partial charge in [0.2, 0.25) is 0 Å². The zero-order chi connectivity index (χ0) is 4.99.